The number of aromatic nitrogens is 5. The Hall–Kier alpha value is -2.57. The molecule has 1 fully saturated rings. The summed E-state index contributed by atoms with van der Waals surface area (Å²) in [4.78, 5) is 12.6. The fourth-order valence-corrected chi connectivity index (χ4v) is 3.09. The molecule has 25 heavy (non-hydrogen) atoms. The lowest BCUT2D eigenvalue weighted by atomic mass is 10.2. The van der Waals surface area contributed by atoms with Crippen molar-refractivity contribution in [1.29, 1.82) is 0 Å². The van der Waals surface area contributed by atoms with E-state index in [0.29, 0.717) is 18.0 Å². The number of fused-ring (bicyclic) bond motifs is 1. The predicted octanol–water partition coefficient (Wildman–Crippen LogP) is 4.00. The van der Waals surface area contributed by atoms with Crippen molar-refractivity contribution in [2.45, 2.75) is 52.6 Å². The topological polar surface area (TPSA) is 83.5 Å². The summed E-state index contributed by atoms with van der Waals surface area (Å²) in [5.41, 5.74) is 2.88. The molecule has 1 aliphatic rings. The molecule has 3 heterocycles. The number of anilines is 3. The van der Waals surface area contributed by atoms with Crippen LogP contribution in [0.3, 0.4) is 0 Å². The van der Waals surface area contributed by atoms with Crippen molar-refractivity contribution in [3.63, 3.8) is 0 Å². The Labute approximate surface area is 147 Å². The Morgan fingerprint density at radius 1 is 1.24 bits per heavy atom. The molecule has 1 saturated carbocycles. The molecule has 0 aromatic carbocycles. The average molecular weight is 339 g/mol. The molecule has 3 N–H and O–H groups in total. The molecule has 0 saturated heterocycles. The summed E-state index contributed by atoms with van der Waals surface area (Å²) >= 11 is 0. The zero-order chi connectivity index (χ0) is 17.6. The third-order valence-corrected chi connectivity index (χ3v) is 4.81. The second kappa shape index (κ2) is 6.06. The van der Waals surface area contributed by atoms with Gasteiger partial charge in [0.25, 0.3) is 0 Å². The monoisotopic (exact) mass is 339 g/mol. The lowest BCUT2D eigenvalue weighted by Crippen LogP contribution is -2.19. The van der Waals surface area contributed by atoms with Crippen molar-refractivity contribution in [2.24, 2.45) is 5.92 Å². The molecule has 4 rings (SSSR count). The zero-order valence-corrected chi connectivity index (χ0v) is 15.2. The lowest BCUT2D eigenvalue weighted by molar-refractivity contribution is 0.532. The molecule has 0 spiro atoms. The summed E-state index contributed by atoms with van der Waals surface area (Å²) in [7, 11) is 0. The molecule has 0 radical (unpaired) electrons. The lowest BCUT2D eigenvalue weighted by Gasteiger charge is -2.15. The normalized spacial score (nSPS) is 15.7. The first-order valence-corrected chi connectivity index (χ1v) is 8.94. The Morgan fingerprint density at radius 2 is 2.04 bits per heavy atom. The van der Waals surface area contributed by atoms with Gasteiger partial charge in [-0.15, -0.1) is 0 Å². The third-order valence-electron chi connectivity index (χ3n) is 4.81. The molecule has 3 aromatic rings. The van der Waals surface area contributed by atoms with Crippen molar-refractivity contribution in [2.75, 3.05) is 10.6 Å². The van der Waals surface area contributed by atoms with Crippen LogP contribution in [0.25, 0.3) is 11.0 Å². The molecule has 0 bridgehead atoms. The van der Waals surface area contributed by atoms with E-state index in [4.69, 9.17) is 4.98 Å². The van der Waals surface area contributed by atoms with Gasteiger partial charge in [0, 0.05) is 24.5 Å². The highest BCUT2D eigenvalue weighted by Gasteiger charge is 2.28. The van der Waals surface area contributed by atoms with Gasteiger partial charge in [0.2, 0.25) is 5.95 Å². The first-order valence-electron chi connectivity index (χ1n) is 8.94. The summed E-state index contributed by atoms with van der Waals surface area (Å²) in [5, 5.41) is 12.3. The summed E-state index contributed by atoms with van der Waals surface area (Å²) in [5.74, 6) is 2.22. The van der Waals surface area contributed by atoms with E-state index in [-0.39, 0.29) is 0 Å². The smallest absolute Gasteiger partial charge is 0.231 e. The van der Waals surface area contributed by atoms with Gasteiger partial charge in [-0.05, 0) is 52.0 Å². The summed E-state index contributed by atoms with van der Waals surface area (Å²) in [6.07, 6.45) is 8.35. The Morgan fingerprint density at radius 3 is 2.72 bits per heavy atom. The number of nitrogens with zero attached hydrogens (tertiary/aromatic N) is 4. The Kier molecular flexibility index (Phi) is 3.86. The highest BCUT2D eigenvalue weighted by atomic mass is 15.3. The standard InChI is InChI=1S/C18H25N7/c1-10(2)25-9-14(8-20-25)22-18-23-16-15(11(3)7-19-16)17(24-18)21-12(4)13-5-6-13/h7-10,12-13H,5-6H2,1-4H3,(H3,19,21,22,23,24). The molecule has 1 atom stereocenters. The minimum absolute atomic E-state index is 0.321. The second-order valence-corrected chi connectivity index (χ2v) is 7.29. The molecule has 3 aromatic heterocycles. The van der Waals surface area contributed by atoms with Crippen LogP contribution in [0, 0.1) is 12.8 Å². The van der Waals surface area contributed by atoms with E-state index in [1.54, 1.807) is 6.20 Å². The maximum absolute atomic E-state index is 4.74. The number of aromatic amines is 1. The molecular weight excluding hydrogens is 314 g/mol. The maximum Gasteiger partial charge on any atom is 0.231 e. The van der Waals surface area contributed by atoms with Crippen LogP contribution in [0.1, 0.15) is 45.2 Å². The second-order valence-electron chi connectivity index (χ2n) is 7.29. The molecule has 1 unspecified atom stereocenters. The minimum Gasteiger partial charge on any atom is -0.367 e. The van der Waals surface area contributed by atoms with Gasteiger partial charge in [0.15, 0.2) is 0 Å². The van der Waals surface area contributed by atoms with Crippen LogP contribution in [-0.2, 0) is 0 Å². The summed E-state index contributed by atoms with van der Waals surface area (Å²) < 4.78 is 1.91. The third kappa shape index (κ3) is 3.18. The van der Waals surface area contributed by atoms with E-state index in [0.717, 1.165) is 34.0 Å². The minimum atomic E-state index is 0.321. The van der Waals surface area contributed by atoms with E-state index in [9.17, 15) is 0 Å². The van der Waals surface area contributed by atoms with Gasteiger partial charge in [0.05, 0.1) is 17.3 Å². The van der Waals surface area contributed by atoms with Gasteiger partial charge in [-0.25, -0.2) is 0 Å². The van der Waals surface area contributed by atoms with Crippen molar-refractivity contribution in [3.8, 4) is 0 Å². The van der Waals surface area contributed by atoms with Gasteiger partial charge in [-0.2, -0.15) is 15.1 Å². The highest BCUT2D eigenvalue weighted by molar-refractivity contribution is 5.91. The van der Waals surface area contributed by atoms with Crippen molar-refractivity contribution in [3.05, 3.63) is 24.2 Å². The van der Waals surface area contributed by atoms with E-state index >= 15 is 0 Å². The molecule has 0 aliphatic heterocycles. The van der Waals surface area contributed by atoms with Crippen molar-refractivity contribution < 1.29 is 0 Å². The number of nitrogens with one attached hydrogen (secondary N) is 3. The van der Waals surface area contributed by atoms with Crippen LogP contribution in [0.15, 0.2) is 18.6 Å². The maximum atomic E-state index is 4.74. The van der Waals surface area contributed by atoms with E-state index < -0.39 is 0 Å². The van der Waals surface area contributed by atoms with Gasteiger partial charge in [0.1, 0.15) is 11.5 Å². The van der Waals surface area contributed by atoms with Crippen molar-refractivity contribution >= 4 is 28.5 Å². The first-order chi connectivity index (χ1) is 12.0. The summed E-state index contributed by atoms with van der Waals surface area (Å²) in [6, 6.07) is 0.741. The van der Waals surface area contributed by atoms with E-state index in [1.807, 2.05) is 17.1 Å². The van der Waals surface area contributed by atoms with Crippen LogP contribution in [-0.4, -0.2) is 30.8 Å². The zero-order valence-electron chi connectivity index (χ0n) is 15.2. The molecule has 1 aliphatic carbocycles. The van der Waals surface area contributed by atoms with Gasteiger partial charge in [-0.1, -0.05) is 0 Å². The molecule has 7 heteroatoms. The van der Waals surface area contributed by atoms with Crippen LogP contribution < -0.4 is 10.6 Å². The molecule has 7 nitrogen and oxygen atoms in total. The van der Waals surface area contributed by atoms with Crippen LogP contribution in [0.2, 0.25) is 0 Å². The summed E-state index contributed by atoms with van der Waals surface area (Å²) in [6.45, 7) is 8.51. The van der Waals surface area contributed by atoms with Gasteiger partial charge >= 0.3 is 0 Å². The highest BCUT2D eigenvalue weighted by Crippen LogP contribution is 2.35. The largest absolute Gasteiger partial charge is 0.367 e. The SMILES string of the molecule is Cc1c[nH]c2nc(Nc3cnn(C(C)C)c3)nc(NC(C)C3CC3)c12. The predicted molar refractivity (Wildman–Crippen MR) is 100 cm³/mol. The quantitative estimate of drug-likeness (QED) is 0.632. The molecule has 132 valence electrons. The molecular formula is C18H25N7. The first kappa shape index (κ1) is 15.9. The fraction of sp³-hybridized carbons (Fsp3) is 0.500. The van der Waals surface area contributed by atoms with E-state index in [2.05, 4.69) is 53.4 Å². The number of rotatable bonds is 6. The number of hydrogen-bond donors (Lipinski definition) is 3. The van der Waals surface area contributed by atoms with Crippen LogP contribution in [0.4, 0.5) is 17.5 Å². The van der Waals surface area contributed by atoms with Gasteiger partial charge < -0.3 is 15.6 Å². The number of aryl methyl sites for hydroxylation is 1. The average Bonchev–Trinajstić information content (AvgIpc) is 3.21. The fourth-order valence-electron chi connectivity index (χ4n) is 3.09. The van der Waals surface area contributed by atoms with E-state index in [1.165, 1.54) is 12.8 Å². The van der Waals surface area contributed by atoms with Gasteiger partial charge in [-0.3, -0.25) is 4.68 Å². The van der Waals surface area contributed by atoms with Crippen LogP contribution in [0.5, 0.6) is 0 Å². The number of hydrogen-bond acceptors (Lipinski definition) is 5. The Bertz CT molecular complexity index is 888. The van der Waals surface area contributed by atoms with Crippen molar-refractivity contribution in [1.82, 2.24) is 24.7 Å². The Balaban J connectivity index is 1.66. The molecule has 0 amide bonds. The van der Waals surface area contributed by atoms with Crippen LogP contribution >= 0.6 is 0 Å². The number of H-pyrrole nitrogens is 1.